The van der Waals surface area contributed by atoms with E-state index in [1.54, 1.807) is 18.0 Å². The molecule has 6 rings (SSSR count). The second kappa shape index (κ2) is 11.6. The van der Waals surface area contributed by atoms with Gasteiger partial charge in [0.1, 0.15) is 10.7 Å². The average Bonchev–Trinajstić information content (AvgIpc) is 3.74. The number of rotatable bonds is 8. The molecular weight excluding hydrogens is 526 g/mol. The highest BCUT2D eigenvalue weighted by atomic mass is 32.2. The van der Waals surface area contributed by atoms with Gasteiger partial charge in [-0.25, -0.2) is 4.98 Å². The van der Waals surface area contributed by atoms with Gasteiger partial charge in [-0.1, -0.05) is 60.3 Å². The number of amides is 1. The lowest BCUT2D eigenvalue weighted by atomic mass is 9.90. The van der Waals surface area contributed by atoms with Crippen LogP contribution in [0.15, 0.2) is 87.9 Å². The van der Waals surface area contributed by atoms with Crippen LogP contribution in [0, 0.1) is 12.8 Å². The Bertz CT molecular complexity index is 1540. The Balaban J connectivity index is 1.11. The van der Waals surface area contributed by atoms with Gasteiger partial charge in [0.05, 0.1) is 17.7 Å². The molecule has 0 aliphatic carbocycles. The summed E-state index contributed by atoms with van der Waals surface area (Å²) in [5.41, 5.74) is 4.02. The van der Waals surface area contributed by atoms with Crippen molar-refractivity contribution < 1.29 is 9.21 Å². The molecule has 0 saturated carbocycles. The number of para-hydroxylation sites is 1. The zero-order chi connectivity index (χ0) is 26.6. The fraction of sp³-hybridized carbons (Fsp3) is 0.267. The predicted molar refractivity (Wildman–Crippen MR) is 154 cm³/mol. The first kappa shape index (κ1) is 25.6. The molecule has 0 spiro atoms. The molecular formula is C30H29N5O2S2. The molecule has 4 heterocycles. The third-order valence-electron chi connectivity index (χ3n) is 7.10. The zero-order valence-corrected chi connectivity index (χ0v) is 23.3. The molecule has 1 saturated heterocycles. The maximum atomic E-state index is 13.2. The number of benzene rings is 2. The van der Waals surface area contributed by atoms with E-state index >= 15 is 0 Å². The number of carbonyl (C=O) groups is 1. The number of thiazole rings is 1. The minimum absolute atomic E-state index is 0.0313. The SMILES string of the molecule is Cc1ccccc1-n1c(SCc2nc(C(=O)N3CCC(Cc4ccccc4)CC3)cs2)nnc1-c1ccco1. The summed E-state index contributed by atoms with van der Waals surface area (Å²) in [5.74, 6) is 2.56. The summed E-state index contributed by atoms with van der Waals surface area (Å²) in [4.78, 5) is 19.8. The lowest BCUT2D eigenvalue weighted by molar-refractivity contribution is 0.0685. The molecule has 1 fully saturated rings. The van der Waals surface area contributed by atoms with Gasteiger partial charge in [0.25, 0.3) is 5.91 Å². The summed E-state index contributed by atoms with van der Waals surface area (Å²) < 4.78 is 7.66. The fourth-order valence-corrected chi connectivity index (χ4v) is 6.74. The third-order valence-corrected chi connectivity index (χ3v) is 9.07. The van der Waals surface area contributed by atoms with E-state index in [2.05, 4.69) is 59.6 Å². The van der Waals surface area contributed by atoms with E-state index in [1.807, 2.05) is 39.1 Å². The van der Waals surface area contributed by atoms with Crippen molar-refractivity contribution >= 4 is 29.0 Å². The summed E-state index contributed by atoms with van der Waals surface area (Å²) in [5, 5.41) is 12.4. The summed E-state index contributed by atoms with van der Waals surface area (Å²) in [6, 6.07) is 22.5. The van der Waals surface area contributed by atoms with Gasteiger partial charge in [-0.3, -0.25) is 9.36 Å². The third kappa shape index (κ3) is 5.69. The van der Waals surface area contributed by atoms with Crippen LogP contribution in [0.3, 0.4) is 0 Å². The normalized spacial score (nSPS) is 14.1. The molecule has 39 heavy (non-hydrogen) atoms. The Labute approximate surface area is 235 Å². The van der Waals surface area contributed by atoms with Crippen molar-refractivity contribution in [1.29, 1.82) is 0 Å². The van der Waals surface area contributed by atoms with Crippen molar-refractivity contribution in [2.24, 2.45) is 5.92 Å². The quantitative estimate of drug-likeness (QED) is 0.199. The van der Waals surface area contributed by atoms with Gasteiger partial charge in [0, 0.05) is 18.5 Å². The van der Waals surface area contributed by atoms with Crippen LogP contribution in [-0.4, -0.2) is 43.6 Å². The molecule has 2 aromatic carbocycles. The second-order valence-electron chi connectivity index (χ2n) is 9.75. The van der Waals surface area contributed by atoms with Gasteiger partial charge in [-0.05, 0) is 61.4 Å². The van der Waals surface area contributed by atoms with Crippen molar-refractivity contribution in [3.05, 3.63) is 100 Å². The first-order chi connectivity index (χ1) is 19.2. The van der Waals surface area contributed by atoms with Crippen molar-refractivity contribution in [3.63, 3.8) is 0 Å². The van der Waals surface area contributed by atoms with Crippen LogP contribution >= 0.6 is 23.1 Å². The van der Waals surface area contributed by atoms with Gasteiger partial charge in [0.15, 0.2) is 10.9 Å². The van der Waals surface area contributed by atoms with Gasteiger partial charge < -0.3 is 9.32 Å². The molecule has 1 aliphatic heterocycles. The van der Waals surface area contributed by atoms with Gasteiger partial charge in [0.2, 0.25) is 5.82 Å². The maximum Gasteiger partial charge on any atom is 0.273 e. The minimum atomic E-state index is 0.0313. The van der Waals surface area contributed by atoms with Gasteiger partial charge >= 0.3 is 0 Å². The number of furan rings is 1. The van der Waals surface area contributed by atoms with Crippen molar-refractivity contribution in [1.82, 2.24) is 24.6 Å². The molecule has 1 aliphatic rings. The largest absolute Gasteiger partial charge is 0.461 e. The molecule has 3 aromatic heterocycles. The van der Waals surface area contributed by atoms with E-state index in [4.69, 9.17) is 9.40 Å². The van der Waals surface area contributed by atoms with Crippen LogP contribution in [0.2, 0.25) is 0 Å². The summed E-state index contributed by atoms with van der Waals surface area (Å²) in [7, 11) is 0. The van der Waals surface area contributed by atoms with Crippen LogP contribution in [0.1, 0.15) is 39.5 Å². The first-order valence-electron chi connectivity index (χ1n) is 13.1. The number of nitrogens with zero attached hydrogens (tertiary/aromatic N) is 5. The van der Waals surface area contributed by atoms with Crippen molar-refractivity contribution in [2.75, 3.05) is 13.1 Å². The van der Waals surface area contributed by atoms with E-state index in [0.717, 1.165) is 53.8 Å². The maximum absolute atomic E-state index is 13.2. The first-order valence-corrected chi connectivity index (χ1v) is 15.0. The lowest BCUT2D eigenvalue weighted by Crippen LogP contribution is -2.39. The molecule has 5 aromatic rings. The summed E-state index contributed by atoms with van der Waals surface area (Å²) in [6.45, 7) is 3.64. The Morgan fingerprint density at radius 3 is 2.59 bits per heavy atom. The van der Waals surface area contributed by atoms with E-state index < -0.39 is 0 Å². The number of thioether (sulfide) groups is 1. The van der Waals surface area contributed by atoms with Gasteiger partial charge in [-0.15, -0.1) is 21.5 Å². The van der Waals surface area contributed by atoms with Crippen LogP contribution in [0.25, 0.3) is 17.3 Å². The van der Waals surface area contributed by atoms with E-state index in [1.165, 1.54) is 16.9 Å². The second-order valence-corrected chi connectivity index (χ2v) is 11.6. The Hall–Kier alpha value is -3.69. The van der Waals surface area contributed by atoms with Crippen LogP contribution < -0.4 is 0 Å². The van der Waals surface area contributed by atoms with E-state index in [0.29, 0.717) is 28.9 Å². The molecule has 1 amide bonds. The van der Waals surface area contributed by atoms with E-state index in [9.17, 15) is 4.79 Å². The summed E-state index contributed by atoms with van der Waals surface area (Å²) >= 11 is 3.07. The number of aryl methyl sites for hydroxylation is 1. The topological polar surface area (TPSA) is 77.1 Å². The molecule has 0 unspecified atom stereocenters. The Kier molecular flexibility index (Phi) is 7.60. The average molecular weight is 556 g/mol. The predicted octanol–water partition coefficient (Wildman–Crippen LogP) is 6.68. The van der Waals surface area contributed by atoms with E-state index in [-0.39, 0.29) is 5.91 Å². The monoisotopic (exact) mass is 555 g/mol. The molecule has 0 radical (unpaired) electrons. The molecule has 198 valence electrons. The van der Waals surface area contributed by atoms with Crippen LogP contribution in [-0.2, 0) is 12.2 Å². The van der Waals surface area contributed by atoms with Crippen LogP contribution in [0.4, 0.5) is 0 Å². The number of aromatic nitrogens is 4. The van der Waals surface area contributed by atoms with Crippen LogP contribution in [0.5, 0.6) is 0 Å². The Morgan fingerprint density at radius 1 is 1.03 bits per heavy atom. The molecule has 9 heteroatoms. The standard InChI is InChI=1S/C30H29N5O2S2/c1-21-8-5-6-11-25(21)35-28(26-12-7-17-37-26)32-33-30(35)39-20-27-31-24(19-38-27)29(36)34-15-13-23(14-16-34)18-22-9-3-2-4-10-22/h2-12,17,19,23H,13-16,18,20H2,1H3. The van der Waals surface area contributed by atoms with Crippen molar-refractivity contribution in [3.8, 4) is 17.3 Å². The highest BCUT2D eigenvalue weighted by Gasteiger charge is 2.26. The minimum Gasteiger partial charge on any atom is -0.461 e. The van der Waals surface area contributed by atoms with Crippen molar-refractivity contribution in [2.45, 2.75) is 37.1 Å². The molecule has 0 N–H and O–H groups in total. The number of likely N-dealkylation sites (tertiary alicyclic amines) is 1. The zero-order valence-electron chi connectivity index (χ0n) is 21.7. The van der Waals surface area contributed by atoms with Gasteiger partial charge in [-0.2, -0.15) is 0 Å². The number of piperidine rings is 1. The Morgan fingerprint density at radius 2 is 1.82 bits per heavy atom. The molecule has 0 atom stereocenters. The highest BCUT2D eigenvalue weighted by molar-refractivity contribution is 7.98. The number of carbonyl (C=O) groups excluding carboxylic acids is 1. The molecule has 7 nitrogen and oxygen atoms in total. The number of hydrogen-bond acceptors (Lipinski definition) is 7. The summed E-state index contributed by atoms with van der Waals surface area (Å²) in [6.07, 6.45) is 4.77. The number of hydrogen-bond donors (Lipinski definition) is 0. The fourth-order valence-electron chi connectivity index (χ4n) is 5.01. The lowest BCUT2D eigenvalue weighted by Gasteiger charge is -2.31. The smallest absolute Gasteiger partial charge is 0.273 e. The highest BCUT2D eigenvalue weighted by Crippen LogP contribution is 2.32. The molecule has 0 bridgehead atoms.